The van der Waals surface area contributed by atoms with Crippen molar-refractivity contribution in [3.8, 4) is 5.88 Å². The van der Waals surface area contributed by atoms with Gasteiger partial charge in [0.1, 0.15) is 0 Å². The van der Waals surface area contributed by atoms with Crippen molar-refractivity contribution >= 4 is 22.6 Å². The summed E-state index contributed by atoms with van der Waals surface area (Å²) in [4.78, 5) is 3.55. The molecule has 0 bridgehead atoms. The Labute approximate surface area is 92.6 Å². The van der Waals surface area contributed by atoms with Crippen LogP contribution in [0.3, 0.4) is 0 Å². The van der Waals surface area contributed by atoms with Crippen LogP contribution in [0.25, 0.3) is 0 Å². The van der Waals surface area contributed by atoms with Crippen LogP contribution >= 0.6 is 22.6 Å². The SMILES string of the molecule is CCOc1cc(I)c(C(F)(F)F)cn1. The van der Waals surface area contributed by atoms with Gasteiger partial charge < -0.3 is 4.74 Å². The zero-order chi connectivity index (χ0) is 10.8. The van der Waals surface area contributed by atoms with E-state index >= 15 is 0 Å². The summed E-state index contributed by atoms with van der Waals surface area (Å²) in [6.07, 6.45) is -3.57. The average Bonchev–Trinajstić information content (AvgIpc) is 2.02. The molecule has 0 aliphatic rings. The van der Waals surface area contributed by atoms with E-state index in [4.69, 9.17) is 4.74 Å². The number of pyridine rings is 1. The fourth-order valence-electron chi connectivity index (χ4n) is 0.849. The van der Waals surface area contributed by atoms with E-state index in [1.807, 2.05) is 0 Å². The van der Waals surface area contributed by atoms with Crippen LogP contribution in [0.15, 0.2) is 12.3 Å². The van der Waals surface area contributed by atoms with Gasteiger partial charge in [0.2, 0.25) is 5.88 Å². The van der Waals surface area contributed by atoms with Crippen molar-refractivity contribution in [2.24, 2.45) is 0 Å². The minimum atomic E-state index is -4.35. The molecule has 0 atom stereocenters. The molecule has 0 spiro atoms. The third-order valence-corrected chi connectivity index (χ3v) is 2.32. The summed E-state index contributed by atoms with van der Waals surface area (Å²) in [7, 11) is 0. The second-order valence-electron chi connectivity index (χ2n) is 2.43. The first-order valence-corrected chi connectivity index (χ1v) is 4.88. The summed E-state index contributed by atoms with van der Waals surface area (Å²) in [6.45, 7) is 2.13. The maximum Gasteiger partial charge on any atom is 0.418 e. The number of ether oxygens (including phenoxy) is 1. The third-order valence-electron chi connectivity index (χ3n) is 1.43. The van der Waals surface area contributed by atoms with Gasteiger partial charge in [-0.25, -0.2) is 4.98 Å². The first-order valence-electron chi connectivity index (χ1n) is 3.80. The predicted molar refractivity (Wildman–Crippen MR) is 53.1 cm³/mol. The molecule has 0 N–H and O–H groups in total. The van der Waals surface area contributed by atoms with Gasteiger partial charge in [0.15, 0.2) is 0 Å². The monoisotopic (exact) mass is 317 g/mol. The lowest BCUT2D eigenvalue weighted by Crippen LogP contribution is -2.08. The molecule has 0 radical (unpaired) electrons. The number of aromatic nitrogens is 1. The van der Waals surface area contributed by atoms with E-state index in [1.165, 1.54) is 6.07 Å². The number of rotatable bonds is 2. The minimum absolute atomic E-state index is 0.0913. The molecule has 0 aliphatic carbocycles. The maximum atomic E-state index is 12.3. The van der Waals surface area contributed by atoms with Crippen LogP contribution in [0.5, 0.6) is 5.88 Å². The van der Waals surface area contributed by atoms with Gasteiger partial charge in [-0.2, -0.15) is 13.2 Å². The van der Waals surface area contributed by atoms with E-state index in [2.05, 4.69) is 4.98 Å². The largest absolute Gasteiger partial charge is 0.478 e. The van der Waals surface area contributed by atoms with E-state index in [9.17, 15) is 13.2 Å². The Bertz CT molecular complexity index is 327. The van der Waals surface area contributed by atoms with Crippen LogP contribution in [0.4, 0.5) is 13.2 Å². The van der Waals surface area contributed by atoms with Crippen LogP contribution in [0, 0.1) is 3.57 Å². The van der Waals surface area contributed by atoms with Crippen LogP contribution < -0.4 is 4.74 Å². The second-order valence-corrected chi connectivity index (χ2v) is 3.60. The molecule has 0 unspecified atom stereocenters. The van der Waals surface area contributed by atoms with Crippen LogP contribution in [-0.4, -0.2) is 11.6 Å². The van der Waals surface area contributed by atoms with E-state index in [-0.39, 0.29) is 9.45 Å². The summed E-state index contributed by atoms with van der Waals surface area (Å²) < 4.78 is 41.9. The number of hydrogen-bond acceptors (Lipinski definition) is 2. The first-order chi connectivity index (χ1) is 6.45. The Morgan fingerprint density at radius 3 is 2.57 bits per heavy atom. The fourth-order valence-corrected chi connectivity index (χ4v) is 1.56. The van der Waals surface area contributed by atoms with Crippen molar-refractivity contribution in [3.05, 3.63) is 21.4 Å². The van der Waals surface area contributed by atoms with Gasteiger partial charge in [-0.3, -0.25) is 0 Å². The van der Waals surface area contributed by atoms with Gasteiger partial charge in [0.05, 0.1) is 12.2 Å². The summed E-state index contributed by atoms with van der Waals surface area (Å²) in [5, 5.41) is 0. The van der Waals surface area contributed by atoms with Crippen molar-refractivity contribution in [2.45, 2.75) is 13.1 Å². The highest BCUT2D eigenvalue weighted by Crippen LogP contribution is 2.33. The summed E-state index contributed by atoms with van der Waals surface area (Å²) >= 11 is 1.61. The van der Waals surface area contributed by atoms with Crippen LogP contribution in [0.1, 0.15) is 12.5 Å². The maximum absolute atomic E-state index is 12.3. The van der Waals surface area contributed by atoms with E-state index < -0.39 is 11.7 Å². The molecular weight excluding hydrogens is 310 g/mol. The third kappa shape index (κ3) is 2.73. The summed E-state index contributed by atoms with van der Waals surface area (Å²) in [6, 6.07) is 1.27. The van der Waals surface area contributed by atoms with Crippen molar-refractivity contribution in [1.29, 1.82) is 0 Å². The second kappa shape index (κ2) is 4.33. The molecule has 0 fully saturated rings. The highest BCUT2D eigenvalue weighted by molar-refractivity contribution is 14.1. The topological polar surface area (TPSA) is 22.1 Å². The Kier molecular flexibility index (Phi) is 3.57. The van der Waals surface area contributed by atoms with E-state index in [0.717, 1.165) is 6.20 Å². The van der Waals surface area contributed by atoms with Gasteiger partial charge >= 0.3 is 6.18 Å². The van der Waals surface area contributed by atoms with Gasteiger partial charge in [-0.15, -0.1) is 0 Å². The lowest BCUT2D eigenvalue weighted by atomic mass is 10.3. The molecule has 6 heteroatoms. The number of hydrogen-bond donors (Lipinski definition) is 0. The zero-order valence-electron chi connectivity index (χ0n) is 7.23. The zero-order valence-corrected chi connectivity index (χ0v) is 9.39. The molecule has 1 rings (SSSR count). The van der Waals surface area contributed by atoms with E-state index in [1.54, 1.807) is 29.5 Å². The van der Waals surface area contributed by atoms with Gasteiger partial charge in [0, 0.05) is 15.8 Å². The average molecular weight is 317 g/mol. The highest BCUT2D eigenvalue weighted by atomic mass is 127. The Morgan fingerprint density at radius 1 is 1.50 bits per heavy atom. The van der Waals surface area contributed by atoms with Crippen molar-refractivity contribution in [2.75, 3.05) is 6.61 Å². The molecule has 14 heavy (non-hydrogen) atoms. The molecule has 78 valence electrons. The van der Waals surface area contributed by atoms with Crippen molar-refractivity contribution in [3.63, 3.8) is 0 Å². The van der Waals surface area contributed by atoms with Crippen molar-refractivity contribution < 1.29 is 17.9 Å². The molecule has 2 nitrogen and oxygen atoms in total. The highest BCUT2D eigenvalue weighted by Gasteiger charge is 2.33. The fraction of sp³-hybridized carbons (Fsp3) is 0.375. The molecule has 1 aromatic heterocycles. The summed E-state index contributed by atoms with van der Waals surface area (Å²) in [5.41, 5.74) is -0.735. The van der Waals surface area contributed by atoms with E-state index in [0.29, 0.717) is 6.61 Å². The Balaban J connectivity index is 3.02. The first kappa shape index (κ1) is 11.5. The predicted octanol–water partition coefficient (Wildman–Crippen LogP) is 3.10. The number of nitrogens with zero attached hydrogens (tertiary/aromatic N) is 1. The smallest absolute Gasteiger partial charge is 0.418 e. The lowest BCUT2D eigenvalue weighted by molar-refractivity contribution is -0.138. The van der Waals surface area contributed by atoms with Crippen LogP contribution in [0.2, 0.25) is 0 Å². The molecule has 1 aromatic rings. The molecule has 0 saturated carbocycles. The van der Waals surface area contributed by atoms with Gasteiger partial charge in [-0.1, -0.05) is 0 Å². The molecular formula is C8H7F3INO. The lowest BCUT2D eigenvalue weighted by Gasteiger charge is -2.09. The standard InChI is InChI=1S/C8H7F3INO/c1-2-14-7-3-6(12)5(4-13-7)8(9,10)11/h3-4H,2H2,1H3. The molecule has 0 aliphatic heterocycles. The quantitative estimate of drug-likeness (QED) is 0.782. The molecule has 1 heterocycles. The number of alkyl halides is 3. The van der Waals surface area contributed by atoms with Crippen LogP contribution in [-0.2, 0) is 6.18 Å². The van der Waals surface area contributed by atoms with Gasteiger partial charge in [0.25, 0.3) is 0 Å². The Hall–Kier alpha value is -0.530. The Morgan fingerprint density at radius 2 is 2.14 bits per heavy atom. The number of halogens is 4. The minimum Gasteiger partial charge on any atom is -0.478 e. The normalized spacial score (nSPS) is 11.5. The molecule has 0 aromatic carbocycles. The molecule has 0 saturated heterocycles. The van der Waals surface area contributed by atoms with Crippen molar-refractivity contribution in [1.82, 2.24) is 4.98 Å². The van der Waals surface area contributed by atoms with Gasteiger partial charge in [-0.05, 0) is 29.5 Å². The molecule has 0 amide bonds. The summed E-state index contributed by atoms with van der Waals surface area (Å²) in [5.74, 6) is 0.213.